The van der Waals surface area contributed by atoms with E-state index in [2.05, 4.69) is 62.3 Å². The molecule has 0 aromatic carbocycles. The molecule has 12 N–H and O–H groups in total. The van der Waals surface area contributed by atoms with Gasteiger partial charge in [-0.05, 0) is 85.6 Å². The highest BCUT2D eigenvalue weighted by atomic mass is 16.6. The number of alkyl carbamates (subject to hydrolysis) is 1. The summed E-state index contributed by atoms with van der Waals surface area (Å²) in [6.07, 6.45) is 2.40. The summed E-state index contributed by atoms with van der Waals surface area (Å²) in [5, 5.41) is 41.4. The van der Waals surface area contributed by atoms with Crippen LogP contribution >= 0.6 is 0 Å². The van der Waals surface area contributed by atoms with Crippen LogP contribution in [0, 0.1) is 17.8 Å². The van der Waals surface area contributed by atoms with E-state index in [9.17, 15) is 91.7 Å². The zero-order valence-electron chi connectivity index (χ0n) is 66.4. The van der Waals surface area contributed by atoms with Gasteiger partial charge in [-0.25, -0.2) is 33.9 Å². The van der Waals surface area contributed by atoms with Crippen LogP contribution in [0.1, 0.15) is 150 Å². The molecule has 16 amide bonds. The van der Waals surface area contributed by atoms with Gasteiger partial charge in [-0.3, -0.25) is 62.3 Å². The molecule has 3 rings (SSSR count). The van der Waals surface area contributed by atoms with E-state index in [4.69, 9.17) is 24.7 Å². The molecule has 3 fully saturated rings. The van der Waals surface area contributed by atoms with Gasteiger partial charge in [-0.15, -0.1) is 19.7 Å². The summed E-state index contributed by atoms with van der Waals surface area (Å²) < 4.78 is 19.9. The number of hydrogen-bond acceptors (Lipinski definition) is 25. The molecule has 111 heavy (non-hydrogen) atoms. The van der Waals surface area contributed by atoms with Gasteiger partial charge in [0, 0.05) is 19.6 Å². The maximum absolute atomic E-state index is 13.7. The molecule has 0 bridgehead atoms. The fraction of sp³-hybridized carbons (Fsp3) is 0.685. The number of nitrogens with one attached hydrogen (secondary N) is 8. The maximum Gasteiger partial charge on any atom is 0.408 e. The molecule has 3 saturated heterocycles. The number of nitrogens with two attached hydrogens (primary N) is 1. The molecule has 0 aromatic heterocycles. The van der Waals surface area contributed by atoms with E-state index in [1.807, 2.05) is 6.92 Å². The first kappa shape index (κ1) is 101. The first-order valence-corrected chi connectivity index (χ1v) is 36.8. The number of aliphatic hydroxyl groups excluding tert-OH is 2. The highest BCUT2D eigenvalue weighted by Gasteiger charge is 2.52. The van der Waals surface area contributed by atoms with E-state index in [0.29, 0.717) is 24.2 Å². The number of aliphatic hydroxyl groups is 2. The van der Waals surface area contributed by atoms with Crippen molar-refractivity contribution in [2.75, 3.05) is 85.8 Å². The molecule has 628 valence electrons. The number of ketones is 1. The number of esters is 3. The Morgan fingerprint density at radius 3 is 1.14 bits per heavy atom. The van der Waals surface area contributed by atoms with Crippen molar-refractivity contribution in [3.63, 3.8) is 0 Å². The second-order valence-electron chi connectivity index (χ2n) is 27.7. The molecule has 0 radical (unpaired) electrons. The van der Waals surface area contributed by atoms with Crippen LogP contribution in [0.5, 0.6) is 0 Å². The number of amides is 16. The second-order valence-corrected chi connectivity index (χ2v) is 27.7. The zero-order valence-corrected chi connectivity index (χ0v) is 66.4. The number of likely N-dealkylation sites (N-methyl/N-ethyl adjacent to an activating group) is 1. The van der Waals surface area contributed by atoms with Crippen molar-refractivity contribution < 1.29 is 111 Å². The molecule has 0 aromatic rings. The third-order valence-corrected chi connectivity index (χ3v) is 16.7. The molecule has 38 heteroatoms. The van der Waals surface area contributed by atoms with Crippen LogP contribution < -0.4 is 48.3 Å². The zero-order chi connectivity index (χ0) is 84.2. The van der Waals surface area contributed by atoms with Crippen molar-refractivity contribution in [2.24, 2.45) is 23.5 Å². The highest BCUT2D eigenvalue weighted by molar-refractivity contribution is 6.38. The van der Waals surface area contributed by atoms with Gasteiger partial charge in [0.25, 0.3) is 23.6 Å². The Bertz CT molecular complexity index is 3240. The van der Waals surface area contributed by atoms with Gasteiger partial charge >= 0.3 is 42.1 Å². The van der Waals surface area contributed by atoms with Crippen molar-refractivity contribution in [1.82, 2.24) is 71.9 Å². The number of nitrogens with zero attached hydrogens (tertiary/aromatic N) is 6. The van der Waals surface area contributed by atoms with Crippen LogP contribution in [0.15, 0.2) is 38.0 Å². The smallest absolute Gasteiger partial charge is 0.408 e. The lowest BCUT2D eigenvalue weighted by Gasteiger charge is -2.30. The molecule has 3 aliphatic heterocycles. The second kappa shape index (κ2) is 50.0. The number of carbonyl (C=O) groups excluding carboxylic acids is 17. The number of urea groups is 3. The van der Waals surface area contributed by atoms with Gasteiger partial charge in [-0.2, -0.15) is 0 Å². The molecule has 0 spiro atoms. The molecule has 0 saturated carbocycles. The average Bonchev–Trinajstić information content (AvgIpc) is 1.65. The van der Waals surface area contributed by atoms with Crippen LogP contribution in [0.4, 0.5) is 19.2 Å². The monoisotopic (exact) mass is 1580 g/mol. The average molecular weight is 1580 g/mol. The summed E-state index contributed by atoms with van der Waals surface area (Å²) in [5.41, 5.74) is 5.10. The van der Waals surface area contributed by atoms with Crippen LogP contribution in [0.3, 0.4) is 0 Å². The van der Waals surface area contributed by atoms with Gasteiger partial charge in [0.2, 0.25) is 35.3 Å². The lowest BCUT2D eigenvalue weighted by Crippen LogP contribution is -2.59. The fourth-order valence-corrected chi connectivity index (χ4v) is 11.2. The van der Waals surface area contributed by atoms with Crippen LogP contribution in [-0.4, -0.2) is 299 Å². The number of imide groups is 3. The van der Waals surface area contributed by atoms with Crippen LogP contribution in [0.25, 0.3) is 0 Å². The van der Waals surface area contributed by atoms with Gasteiger partial charge in [0.15, 0.2) is 12.2 Å². The van der Waals surface area contributed by atoms with Gasteiger partial charge in [0.05, 0.1) is 69.7 Å². The van der Waals surface area contributed by atoms with Crippen molar-refractivity contribution in [1.29, 1.82) is 0 Å². The molecule has 3 heterocycles. The van der Waals surface area contributed by atoms with Crippen molar-refractivity contribution in [3.8, 4) is 0 Å². The van der Waals surface area contributed by atoms with E-state index >= 15 is 0 Å². The van der Waals surface area contributed by atoms with E-state index < -0.39 is 199 Å². The molecule has 0 aliphatic carbocycles. The first-order chi connectivity index (χ1) is 51.6. The summed E-state index contributed by atoms with van der Waals surface area (Å²) >= 11 is 0. The van der Waals surface area contributed by atoms with Crippen molar-refractivity contribution in [2.45, 2.75) is 222 Å². The molecule has 38 nitrogen and oxygen atoms in total. The normalized spacial score (nSPS) is 17.4. The summed E-state index contributed by atoms with van der Waals surface area (Å²) in [7, 11) is 1.56. The van der Waals surface area contributed by atoms with Gasteiger partial charge < -0.3 is 92.1 Å². The third kappa shape index (κ3) is 31.4. The summed E-state index contributed by atoms with van der Waals surface area (Å²) in [6, 6.07) is -12.9. The SMILES string of the molecule is C.C=CCNC(=O)C(=O)C(CCC)NC(=O)C1CN(CC(=O)OCC)C(=O)N1C(=O)C(NC)C(C)C.C=CCNC(=O)C(O)C(CCC)NC(=O)C1CN(CC(=O)OCC)C(=O)N1C(=O)C(N)C(C)C.C=CCNC(=O)C(O)C(CCC)NC(=O)C1CN(CC(=O)OCC)C(=O)N1C(=O)C(NC(=O)OC(C)(C)C)C(C)C. The van der Waals surface area contributed by atoms with E-state index in [1.165, 1.54) is 18.2 Å². The Kier molecular flexibility index (Phi) is 45.6. The van der Waals surface area contributed by atoms with E-state index in [-0.39, 0.29) is 97.6 Å². The molecular weight excluding hydrogens is 1450 g/mol. The molecular formula is C73H123N15O23. The minimum absolute atomic E-state index is 0. The number of hydrogen-bond donors (Lipinski definition) is 11. The topological polar surface area (TPSA) is 509 Å². The van der Waals surface area contributed by atoms with E-state index in [0.717, 1.165) is 24.5 Å². The number of ether oxygens (including phenoxy) is 4. The summed E-state index contributed by atoms with van der Waals surface area (Å²) in [5.74, 6) is -10.9. The van der Waals surface area contributed by atoms with Crippen molar-refractivity contribution >= 4 is 101 Å². The Morgan fingerprint density at radius 1 is 0.505 bits per heavy atom. The fourth-order valence-electron chi connectivity index (χ4n) is 11.2. The highest BCUT2D eigenvalue weighted by Crippen LogP contribution is 2.25. The van der Waals surface area contributed by atoms with Crippen molar-refractivity contribution in [3.05, 3.63) is 38.0 Å². The molecule has 11 unspecified atom stereocenters. The van der Waals surface area contributed by atoms with E-state index in [1.54, 1.807) is 104 Å². The molecule has 11 atom stereocenters. The van der Waals surface area contributed by atoms with Crippen LogP contribution in [-0.2, 0) is 81.3 Å². The molecule has 3 aliphatic rings. The minimum atomic E-state index is -1.62. The minimum Gasteiger partial charge on any atom is -0.465 e. The number of rotatable bonds is 41. The standard InChI is InChI=1S/C27H45N5O9.C23H37N5O7.C22H37N5O7.CH4/c1-9-12-17(21(34)23(36)28-13-10-2)29-22(35)18-14-31(15-19(33)40-11-3)26(39)32(18)24(37)20(16(4)5)30-25(38)41-27(6,7)8;1-7-10-15(19(30)21(32)25-11-8-2)26-20(31)16-12-27(13-17(29)35-9-3)23(34)28(16)22(33)18(24-6)14(4)5;1-6-9-14(18(29)20(31)24-10-7-2)25-19(30)15-11-26(12-16(28)34-8-3)22(33)27(15)21(32)17(23)13(4)5;/h10,16-18,20-21,34H,2,9,11-15H2,1,3-8H3,(H,28,36)(H,29,35)(H,30,38);8,14-16,18,24H,2,7,9-13H2,1,3-6H3,(H,25,32)(H,26,31);7,13-15,17-18,29H,2,6,8-12,23H2,1,3-5H3,(H,24,31)(H,25,30);1H4. The predicted octanol–water partition coefficient (Wildman–Crippen LogP) is 0.0118. The first-order valence-electron chi connectivity index (χ1n) is 36.8. The predicted molar refractivity (Wildman–Crippen MR) is 405 cm³/mol. The summed E-state index contributed by atoms with van der Waals surface area (Å²) in [4.78, 5) is 223. The Labute approximate surface area is 650 Å². The lowest BCUT2D eigenvalue weighted by atomic mass is 10.0. The lowest BCUT2D eigenvalue weighted by molar-refractivity contribution is -0.144. The quantitative estimate of drug-likeness (QED) is 0.0166. The summed E-state index contributed by atoms with van der Waals surface area (Å²) in [6.45, 7) is 34.2. The van der Waals surface area contributed by atoms with Crippen LogP contribution in [0.2, 0.25) is 0 Å². The third-order valence-electron chi connectivity index (χ3n) is 16.7. The Morgan fingerprint density at radius 2 is 0.838 bits per heavy atom. The largest absolute Gasteiger partial charge is 0.465 e. The number of Topliss-reactive ketones (excluding diaryl/α,β-unsaturated/α-hetero) is 1. The van der Waals surface area contributed by atoms with Gasteiger partial charge in [0.1, 0.15) is 49.4 Å². The maximum atomic E-state index is 13.7. The van der Waals surface area contributed by atoms with Gasteiger partial charge in [-0.1, -0.05) is 107 Å². The Hall–Kier alpha value is -9.95. The Balaban J connectivity index is 0.00000164. The number of carbonyl (C=O) groups is 17.